The van der Waals surface area contributed by atoms with Crippen LogP contribution in [0, 0.1) is 17.8 Å². The molecule has 4 N–H and O–H groups in total. The SMILES string of the molecule is NC(CO)C(O)C1CC2CCC1C2. The van der Waals surface area contributed by atoms with Crippen molar-refractivity contribution < 1.29 is 10.2 Å². The maximum Gasteiger partial charge on any atom is 0.0744 e. The lowest BCUT2D eigenvalue weighted by Crippen LogP contribution is -2.44. The minimum absolute atomic E-state index is 0.102. The second-order valence-electron chi connectivity index (χ2n) is 4.68. The van der Waals surface area contributed by atoms with Crippen molar-refractivity contribution in [3.8, 4) is 0 Å². The molecule has 2 rings (SSSR count). The van der Waals surface area contributed by atoms with Crippen LogP contribution in [0.1, 0.15) is 25.7 Å². The van der Waals surface area contributed by atoms with Gasteiger partial charge in [-0.3, -0.25) is 0 Å². The van der Waals surface area contributed by atoms with Gasteiger partial charge in [0.25, 0.3) is 0 Å². The normalized spacial score (nSPS) is 42.2. The van der Waals surface area contributed by atoms with Gasteiger partial charge in [-0.1, -0.05) is 6.42 Å². The molecule has 0 aliphatic heterocycles. The van der Waals surface area contributed by atoms with Crippen molar-refractivity contribution >= 4 is 0 Å². The summed E-state index contributed by atoms with van der Waals surface area (Å²) in [5.41, 5.74) is 5.63. The minimum atomic E-state index is -0.486. The lowest BCUT2D eigenvalue weighted by Gasteiger charge is -2.29. The van der Waals surface area contributed by atoms with E-state index >= 15 is 0 Å². The van der Waals surface area contributed by atoms with Crippen LogP contribution in [0.15, 0.2) is 0 Å². The zero-order valence-corrected chi connectivity index (χ0v) is 7.89. The van der Waals surface area contributed by atoms with Crippen molar-refractivity contribution in [3.05, 3.63) is 0 Å². The highest BCUT2D eigenvalue weighted by molar-refractivity contribution is 4.95. The molecule has 76 valence electrons. The molecule has 0 spiro atoms. The fourth-order valence-corrected chi connectivity index (χ4v) is 3.14. The van der Waals surface area contributed by atoms with Crippen molar-refractivity contribution in [2.75, 3.05) is 6.61 Å². The number of nitrogens with two attached hydrogens (primary N) is 1. The van der Waals surface area contributed by atoms with E-state index in [4.69, 9.17) is 10.8 Å². The molecule has 13 heavy (non-hydrogen) atoms. The van der Waals surface area contributed by atoms with Crippen molar-refractivity contribution in [2.45, 2.75) is 37.8 Å². The molecule has 2 aliphatic rings. The maximum atomic E-state index is 9.85. The van der Waals surface area contributed by atoms with Gasteiger partial charge in [0, 0.05) is 0 Å². The lowest BCUT2D eigenvalue weighted by molar-refractivity contribution is 0.0350. The van der Waals surface area contributed by atoms with E-state index in [2.05, 4.69) is 0 Å². The van der Waals surface area contributed by atoms with E-state index in [0.29, 0.717) is 11.8 Å². The number of aliphatic hydroxyl groups excluding tert-OH is 2. The molecule has 0 saturated heterocycles. The Labute approximate surface area is 78.9 Å². The molecule has 5 atom stereocenters. The number of hydrogen-bond donors (Lipinski definition) is 3. The molecule has 2 bridgehead atoms. The Bertz CT molecular complexity index is 186. The number of aliphatic hydroxyl groups is 2. The van der Waals surface area contributed by atoms with Crippen LogP contribution in [0.5, 0.6) is 0 Å². The third-order valence-corrected chi connectivity index (χ3v) is 3.88. The first-order chi connectivity index (χ1) is 6.22. The van der Waals surface area contributed by atoms with Gasteiger partial charge in [0.15, 0.2) is 0 Å². The number of fused-ring (bicyclic) bond motifs is 2. The average Bonchev–Trinajstić information content (AvgIpc) is 2.76. The van der Waals surface area contributed by atoms with E-state index in [1.807, 2.05) is 0 Å². The fourth-order valence-electron chi connectivity index (χ4n) is 3.14. The Balaban J connectivity index is 1.94. The molecule has 0 amide bonds. The summed E-state index contributed by atoms with van der Waals surface area (Å²) >= 11 is 0. The van der Waals surface area contributed by atoms with E-state index < -0.39 is 12.1 Å². The van der Waals surface area contributed by atoms with E-state index in [-0.39, 0.29) is 6.61 Å². The first-order valence-electron chi connectivity index (χ1n) is 5.27. The van der Waals surface area contributed by atoms with E-state index in [0.717, 1.165) is 12.3 Å². The van der Waals surface area contributed by atoms with Gasteiger partial charge in [-0.05, 0) is 37.0 Å². The summed E-state index contributed by atoms with van der Waals surface area (Å²) in [6, 6.07) is -0.440. The van der Waals surface area contributed by atoms with Crippen LogP contribution in [-0.2, 0) is 0 Å². The van der Waals surface area contributed by atoms with Crippen molar-refractivity contribution in [1.29, 1.82) is 0 Å². The molecule has 0 aromatic rings. The average molecular weight is 185 g/mol. The predicted molar refractivity (Wildman–Crippen MR) is 50.0 cm³/mol. The highest BCUT2D eigenvalue weighted by Crippen LogP contribution is 2.49. The summed E-state index contributed by atoms with van der Waals surface area (Å²) in [4.78, 5) is 0. The molecule has 2 aliphatic carbocycles. The third kappa shape index (κ3) is 1.60. The summed E-state index contributed by atoms with van der Waals surface area (Å²) in [5, 5.41) is 18.7. The number of hydrogen-bond acceptors (Lipinski definition) is 3. The first kappa shape index (κ1) is 9.44. The zero-order valence-electron chi connectivity index (χ0n) is 7.89. The van der Waals surface area contributed by atoms with Crippen LogP contribution < -0.4 is 5.73 Å². The fraction of sp³-hybridized carbons (Fsp3) is 1.00. The van der Waals surface area contributed by atoms with Crippen molar-refractivity contribution in [1.82, 2.24) is 0 Å². The van der Waals surface area contributed by atoms with Crippen LogP contribution in [0.2, 0.25) is 0 Å². The molecule has 3 heteroatoms. The van der Waals surface area contributed by atoms with Crippen molar-refractivity contribution in [3.63, 3.8) is 0 Å². The van der Waals surface area contributed by atoms with Crippen molar-refractivity contribution in [2.24, 2.45) is 23.5 Å². The lowest BCUT2D eigenvalue weighted by atomic mass is 9.82. The molecular formula is C10H19NO2. The zero-order chi connectivity index (χ0) is 9.42. The molecule has 0 aromatic carbocycles. The molecule has 2 saturated carbocycles. The van der Waals surface area contributed by atoms with E-state index in [1.54, 1.807) is 0 Å². The summed E-state index contributed by atoms with van der Waals surface area (Å²) in [7, 11) is 0. The molecule has 2 fully saturated rings. The standard InChI is InChI=1S/C10H19NO2/c11-9(5-12)10(13)8-4-6-1-2-7(8)3-6/h6-10,12-13H,1-5,11H2. The highest BCUT2D eigenvalue weighted by Gasteiger charge is 2.43. The second kappa shape index (κ2) is 3.56. The molecular weight excluding hydrogens is 166 g/mol. The van der Waals surface area contributed by atoms with Gasteiger partial charge < -0.3 is 15.9 Å². The van der Waals surface area contributed by atoms with Gasteiger partial charge in [0.2, 0.25) is 0 Å². The summed E-state index contributed by atoms with van der Waals surface area (Å²) in [6.07, 6.45) is 4.51. The Morgan fingerprint density at radius 3 is 2.54 bits per heavy atom. The van der Waals surface area contributed by atoms with Gasteiger partial charge in [-0.15, -0.1) is 0 Å². The quantitative estimate of drug-likeness (QED) is 0.584. The largest absolute Gasteiger partial charge is 0.395 e. The molecule has 3 nitrogen and oxygen atoms in total. The van der Waals surface area contributed by atoms with E-state index in [9.17, 15) is 5.11 Å². The smallest absolute Gasteiger partial charge is 0.0744 e. The van der Waals surface area contributed by atoms with Gasteiger partial charge in [0.1, 0.15) is 0 Å². The Kier molecular flexibility index (Phi) is 2.58. The highest BCUT2D eigenvalue weighted by atomic mass is 16.3. The summed E-state index contributed by atoms with van der Waals surface area (Å²) < 4.78 is 0. The van der Waals surface area contributed by atoms with Crippen LogP contribution in [-0.4, -0.2) is 29.0 Å². The van der Waals surface area contributed by atoms with E-state index in [1.165, 1.54) is 19.3 Å². The van der Waals surface area contributed by atoms with Crippen LogP contribution >= 0.6 is 0 Å². The van der Waals surface area contributed by atoms with Crippen LogP contribution in [0.4, 0.5) is 0 Å². The minimum Gasteiger partial charge on any atom is -0.395 e. The van der Waals surface area contributed by atoms with Gasteiger partial charge in [0.05, 0.1) is 18.8 Å². The van der Waals surface area contributed by atoms with Gasteiger partial charge in [-0.2, -0.15) is 0 Å². The topological polar surface area (TPSA) is 66.5 Å². The van der Waals surface area contributed by atoms with Crippen LogP contribution in [0.3, 0.4) is 0 Å². The number of rotatable bonds is 3. The third-order valence-electron chi connectivity index (χ3n) is 3.88. The Morgan fingerprint density at radius 2 is 2.08 bits per heavy atom. The molecule has 0 radical (unpaired) electrons. The summed E-state index contributed by atoms with van der Waals surface area (Å²) in [5.74, 6) is 1.87. The maximum absolute atomic E-state index is 9.85. The predicted octanol–water partition coefficient (Wildman–Crippen LogP) is 0.103. The molecule has 5 unspecified atom stereocenters. The second-order valence-corrected chi connectivity index (χ2v) is 4.68. The van der Waals surface area contributed by atoms with Gasteiger partial charge in [-0.25, -0.2) is 0 Å². The molecule has 0 heterocycles. The van der Waals surface area contributed by atoms with Gasteiger partial charge >= 0.3 is 0 Å². The monoisotopic (exact) mass is 185 g/mol. The molecule has 0 aromatic heterocycles. The Morgan fingerprint density at radius 1 is 1.31 bits per heavy atom. The van der Waals surface area contributed by atoms with Crippen LogP contribution in [0.25, 0.3) is 0 Å². The Hall–Kier alpha value is -0.120. The first-order valence-corrected chi connectivity index (χ1v) is 5.27. The summed E-state index contributed by atoms with van der Waals surface area (Å²) in [6.45, 7) is -0.102.